The molecule has 0 amide bonds. The number of carbonyl (C=O) groups is 1. The molecule has 3 heterocycles. The minimum atomic E-state index is -0.437. The third-order valence-electron chi connectivity index (χ3n) is 6.44. The highest BCUT2D eigenvalue weighted by atomic mass is 16.5. The highest BCUT2D eigenvalue weighted by molar-refractivity contribution is 5.70. The van der Waals surface area contributed by atoms with Crippen molar-refractivity contribution in [2.24, 2.45) is 14.1 Å². The van der Waals surface area contributed by atoms with Crippen LogP contribution in [0.3, 0.4) is 0 Å². The number of aromatic nitrogens is 4. The Morgan fingerprint density at radius 1 is 1.00 bits per heavy atom. The van der Waals surface area contributed by atoms with Gasteiger partial charge in [-0.2, -0.15) is 0 Å². The van der Waals surface area contributed by atoms with Crippen molar-refractivity contribution in [3.63, 3.8) is 0 Å². The molecule has 10 heteroatoms. The van der Waals surface area contributed by atoms with Crippen molar-refractivity contribution in [2.75, 3.05) is 39.3 Å². The van der Waals surface area contributed by atoms with E-state index < -0.39 is 17.4 Å². The molecule has 2 aromatic heterocycles. The van der Waals surface area contributed by atoms with Gasteiger partial charge in [-0.25, -0.2) is 9.78 Å². The number of nitrogens with zero attached hydrogens (tertiary/aromatic N) is 6. The summed E-state index contributed by atoms with van der Waals surface area (Å²) in [6, 6.07) is 10.5. The first-order valence-electron chi connectivity index (χ1n) is 11.6. The van der Waals surface area contributed by atoms with E-state index >= 15 is 0 Å². The van der Waals surface area contributed by atoms with E-state index in [4.69, 9.17) is 4.74 Å². The number of fused-ring (bicyclic) bond motifs is 1. The standard InChI is InChI=1S/C24H32N6O4/c1-18(31)34-20(16-30-17-25-22-21(30)23(32)27(3)24(33)26(22)2)15-29-13-11-28(12-14-29)10-9-19-7-5-4-6-8-19/h4-8,17,20H,9-16H2,1-3H3. The maximum Gasteiger partial charge on any atom is 0.332 e. The van der Waals surface area contributed by atoms with Gasteiger partial charge < -0.3 is 14.2 Å². The first kappa shape index (κ1) is 23.9. The Labute approximate surface area is 198 Å². The Balaban J connectivity index is 1.40. The summed E-state index contributed by atoms with van der Waals surface area (Å²) in [6.07, 6.45) is 2.12. The molecule has 0 spiro atoms. The molecule has 1 aliphatic rings. The molecule has 34 heavy (non-hydrogen) atoms. The average Bonchev–Trinajstić information content (AvgIpc) is 3.25. The summed E-state index contributed by atoms with van der Waals surface area (Å²) < 4.78 is 9.71. The Hall–Kier alpha value is -3.24. The van der Waals surface area contributed by atoms with Crippen LogP contribution in [-0.4, -0.2) is 79.8 Å². The van der Waals surface area contributed by atoms with Gasteiger partial charge in [0.1, 0.15) is 6.10 Å². The third kappa shape index (κ3) is 5.28. The molecule has 3 aromatic rings. The van der Waals surface area contributed by atoms with E-state index in [1.807, 2.05) is 6.07 Å². The number of aryl methyl sites for hydroxylation is 1. The van der Waals surface area contributed by atoms with E-state index in [0.717, 1.165) is 43.7 Å². The average molecular weight is 469 g/mol. The van der Waals surface area contributed by atoms with Crippen molar-refractivity contribution < 1.29 is 9.53 Å². The lowest BCUT2D eigenvalue weighted by atomic mass is 10.1. The number of ether oxygens (including phenoxy) is 1. The first-order valence-corrected chi connectivity index (χ1v) is 11.6. The molecule has 182 valence electrons. The lowest BCUT2D eigenvalue weighted by Crippen LogP contribution is -2.50. The van der Waals surface area contributed by atoms with Crippen molar-refractivity contribution in [1.82, 2.24) is 28.5 Å². The minimum absolute atomic E-state index is 0.289. The van der Waals surface area contributed by atoms with E-state index in [2.05, 4.69) is 39.0 Å². The lowest BCUT2D eigenvalue weighted by molar-refractivity contribution is -0.148. The summed E-state index contributed by atoms with van der Waals surface area (Å²) in [4.78, 5) is 45.7. The first-order chi connectivity index (χ1) is 16.3. The van der Waals surface area contributed by atoms with Crippen LogP contribution >= 0.6 is 0 Å². The Kier molecular flexibility index (Phi) is 7.28. The van der Waals surface area contributed by atoms with Crippen LogP contribution in [0.15, 0.2) is 46.2 Å². The highest BCUT2D eigenvalue weighted by Crippen LogP contribution is 2.11. The van der Waals surface area contributed by atoms with Gasteiger partial charge in [-0.3, -0.25) is 23.6 Å². The van der Waals surface area contributed by atoms with E-state index in [-0.39, 0.29) is 12.5 Å². The Bertz CT molecular complexity index is 1250. The Morgan fingerprint density at radius 2 is 1.68 bits per heavy atom. The number of esters is 1. The molecule has 1 atom stereocenters. The van der Waals surface area contributed by atoms with E-state index in [9.17, 15) is 14.4 Å². The molecule has 0 aliphatic carbocycles. The molecule has 1 fully saturated rings. The maximum atomic E-state index is 12.7. The monoisotopic (exact) mass is 468 g/mol. The summed E-state index contributed by atoms with van der Waals surface area (Å²) in [5.74, 6) is -0.365. The number of benzene rings is 1. The molecule has 10 nitrogen and oxygen atoms in total. The normalized spacial score (nSPS) is 16.1. The van der Waals surface area contributed by atoms with E-state index in [1.165, 1.54) is 30.4 Å². The van der Waals surface area contributed by atoms with Crippen LogP contribution in [-0.2, 0) is 36.6 Å². The summed E-state index contributed by atoms with van der Waals surface area (Å²) in [6.45, 7) is 6.95. The molecule has 0 bridgehead atoms. The van der Waals surface area contributed by atoms with Crippen LogP contribution in [0, 0.1) is 0 Å². The van der Waals surface area contributed by atoms with Crippen LogP contribution in [0.1, 0.15) is 12.5 Å². The fourth-order valence-corrected chi connectivity index (χ4v) is 4.54. The molecule has 1 saturated heterocycles. The summed E-state index contributed by atoms with van der Waals surface area (Å²) in [5.41, 5.74) is 1.15. The second-order valence-corrected chi connectivity index (χ2v) is 8.88. The number of piperazine rings is 1. The predicted molar refractivity (Wildman–Crippen MR) is 129 cm³/mol. The molecule has 1 aliphatic heterocycles. The zero-order chi connectivity index (χ0) is 24.2. The molecule has 0 radical (unpaired) electrons. The quantitative estimate of drug-likeness (QED) is 0.437. The molecule has 4 rings (SSSR count). The topological polar surface area (TPSA) is 94.6 Å². The SMILES string of the molecule is CC(=O)OC(CN1CCN(CCc2ccccc2)CC1)Cn1cnc2c1c(=O)n(C)c(=O)n2C. The molecule has 1 unspecified atom stereocenters. The molecule has 0 N–H and O–H groups in total. The van der Waals surface area contributed by atoms with Gasteiger partial charge in [-0.15, -0.1) is 0 Å². The van der Waals surface area contributed by atoms with Crippen molar-refractivity contribution in [3.05, 3.63) is 63.1 Å². The molecular weight excluding hydrogens is 436 g/mol. The van der Waals surface area contributed by atoms with Crippen molar-refractivity contribution in [2.45, 2.75) is 26.0 Å². The van der Waals surface area contributed by atoms with Gasteiger partial charge in [-0.1, -0.05) is 30.3 Å². The van der Waals surface area contributed by atoms with Crippen LogP contribution in [0.25, 0.3) is 11.2 Å². The predicted octanol–water partition coefficient (Wildman–Crippen LogP) is 0.226. The minimum Gasteiger partial charge on any atom is -0.459 e. The van der Waals surface area contributed by atoms with Crippen LogP contribution in [0.2, 0.25) is 0 Å². The summed E-state index contributed by atoms with van der Waals surface area (Å²) in [7, 11) is 3.03. The number of imidazole rings is 1. The Morgan fingerprint density at radius 3 is 2.35 bits per heavy atom. The van der Waals surface area contributed by atoms with E-state index in [1.54, 1.807) is 11.6 Å². The summed E-state index contributed by atoms with van der Waals surface area (Å²) >= 11 is 0. The largest absolute Gasteiger partial charge is 0.459 e. The van der Waals surface area contributed by atoms with Gasteiger partial charge in [0.25, 0.3) is 5.56 Å². The van der Waals surface area contributed by atoms with Crippen LogP contribution in [0.5, 0.6) is 0 Å². The summed E-state index contributed by atoms with van der Waals surface area (Å²) in [5, 5.41) is 0. The molecule has 1 aromatic carbocycles. The van der Waals surface area contributed by atoms with Crippen molar-refractivity contribution >= 4 is 17.1 Å². The number of carbonyl (C=O) groups excluding carboxylic acids is 1. The smallest absolute Gasteiger partial charge is 0.332 e. The second kappa shape index (κ2) is 10.4. The zero-order valence-corrected chi connectivity index (χ0v) is 20.0. The van der Waals surface area contributed by atoms with Gasteiger partial charge in [0.15, 0.2) is 11.2 Å². The van der Waals surface area contributed by atoms with Crippen LogP contribution in [0.4, 0.5) is 0 Å². The maximum absolute atomic E-state index is 12.7. The van der Waals surface area contributed by atoms with Crippen molar-refractivity contribution in [1.29, 1.82) is 0 Å². The van der Waals surface area contributed by atoms with Gasteiger partial charge in [0.05, 0.1) is 12.9 Å². The zero-order valence-electron chi connectivity index (χ0n) is 20.0. The van der Waals surface area contributed by atoms with Gasteiger partial charge >= 0.3 is 11.7 Å². The number of rotatable bonds is 8. The van der Waals surface area contributed by atoms with E-state index in [0.29, 0.717) is 17.7 Å². The second-order valence-electron chi connectivity index (χ2n) is 8.88. The van der Waals surface area contributed by atoms with Crippen LogP contribution < -0.4 is 11.2 Å². The third-order valence-corrected chi connectivity index (χ3v) is 6.44. The van der Waals surface area contributed by atoms with Gasteiger partial charge in [-0.05, 0) is 12.0 Å². The lowest BCUT2D eigenvalue weighted by Gasteiger charge is -2.36. The molecular formula is C24H32N6O4. The molecule has 0 saturated carbocycles. The fraction of sp³-hybridized carbons (Fsp3) is 0.500. The fourth-order valence-electron chi connectivity index (χ4n) is 4.54. The number of hydrogen-bond donors (Lipinski definition) is 0. The number of hydrogen-bond acceptors (Lipinski definition) is 7. The van der Waals surface area contributed by atoms with Crippen molar-refractivity contribution in [3.8, 4) is 0 Å². The van der Waals surface area contributed by atoms with Gasteiger partial charge in [0, 0.05) is 60.3 Å². The highest BCUT2D eigenvalue weighted by Gasteiger charge is 2.24. The van der Waals surface area contributed by atoms with Gasteiger partial charge in [0.2, 0.25) is 0 Å².